The van der Waals surface area contributed by atoms with Crippen LogP contribution in [0.4, 0.5) is 0 Å². The normalized spacial score (nSPS) is 14.0. The Hall–Kier alpha value is -4.53. The summed E-state index contributed by atoms with van der Waals surface area (Å²) < 4.78 is 17.1. The van der Waals surface area contributed by atoms with Gasteiger partial charge in [-0.1, -0.05) is 173 Å². The maximum Gasteiger partial charge on any atom is 0.306 e. The van der Waals surface area contributed by atoms with Crippen LogP contribution in [-0.2, 0) is 28.6 Å². The summed E-state index contributed by atoms with van der Waals surface area (Å²) in [5.41, 5.74) is 0. The second-order valence-electron chi connectivity index (χ2n) is 16.9. The molecular weight excluding hydrogens is 811 g/mol. The number of hydrogen-bond acceptors (Lipinski definition) is 7. The largest absolute Gasteiger partial charge is 0.544 e. The minimum Gasteiger partial charge on any atom is -0.544 e. The molecule has 0 aliphatic heterocycles. The highest BCUT2D eigenvalue weighted by atomic mass is 16.6. The number of quaternary nitrogens is 1. The first kappa shape index (κ1) is 60.5. The van der Waals surface area contributed by atoms with Crippen LogP contribution in [0.15, 0.2) is 134 Å². The van der Waals surface area contributed by atoms with Gasteiger partial charge in [0.05, 0.1) is 40.3 Å². The van der Waals surface area contributed by atoms with Gasteiger partial charge in [0.1, 0.15) is 12.6 Å². The van der Waals surface area contributed by atoms with Crippen molar-refractivity contribution in [2.24, 2.45) is 0 Å². The van der Waals surface area contributed by atoms with Gasteiger partial charge < -0.3 is 28.6 Å². The second-order valence-corrected chi connectivity index (χ2v) is 16.9. The van der Waals surface area contributed by atoms with Gasteiger partial charge >= 0.3 is 11.9 Å². The Morgan fingerprint density at radius 1 is 0.462 bits per heavy atom. The number of carboxylic acid groups (broad SMARTS) is 1. The van der Waals surface area contributed by atoms with Gasteiger partial charge in [0.25, 0.3) is 0 Å². The van der Waals surface area contributed by atoms with E-state index in [1.54, 1.807) is 21.1 Å². The predicted octanol–water partition coefficient (Wildman–Crippen LogP) is 13.0. The lowest BCUT2D eigenvalue weighted by Crippen LogP contribution is -2.55. The van der Waals surface area contributed by atoms with Crippen LogP contribution < -0.4 is 5.11 Å². The number of nitrogens with zero attached hydrogens (tertiary/aromatic N) is 1. The molecule has 0 N–H and O–H groups in total. The van der Waals surface area contributed by atoms with Gasteiger partial charge in [-0.15, -0.1) is 0 Å². The summed E-state index contributed by atoms with van der Waals surface area (Å²) in [6.45, 7) is 4.31. The first-order chi connectivity index (χ1) is 31.6. The number of unbranched alkanes of at least 4 members (excludes halogenated alkanes) is 6. The molecule has 0 heterocycles. The molecule has 0 fully saturated rings. The highest BCUT2D eigenvalue weighted by Crippen LogP contribution is 2.12. The molecule has 0 amide bonds. The zero-order chi connectivity index (χ0) is 47.7. The van der Waals surface area contributed by atoms with Gasteiger partial charge in [0, 0.05) is 19.3 Å². The number of aliphatic carboxylic acids is 1. The average molecular weight is 900 g/mol. The number of likely N-dealkylation sites (N-methyl/N-ethyl adjacent to an activating group) is 1. The number of allylic oxidation sites excluding steroid dienone is 22. The highest BCUT2D eigenvalue weighted by molar-refractivity contribution is 5.70. The molecule has 0 aromatic carbocycles. The molecule has 0 aliphatic carbocycles. The van der Waals surface area contributed by atoms with Crippen LogP contribution in [0.1, 0.15) is 155 Å². The fraction of sp³-hybridized carbons (Fsp3) is 0.561. The molecule has 0 aliphatic rings. The number of esters is 2. The zero-order valence-corrected chi connectivity index (χ0v) is 41.3. The molecule has 0 saturated heterocycles. The number of carbonyl (C=O) groups is 3. The summed E-state index contributed by atoms with van der Waals surface area (Å²) in [6, 6.07) is -0.749. The van der Waals surface area contributed by atoms with Crippen molar-refractivity contribution in [2.45, 2.75) is 167 Å². The van der Waals surface area contributed by atoms with E-state index in [0.717, 1.165) is 116 Å². The fourth-order valence-corrected chi connectivity index (χ4v) is 6.30. The van der Waals surface area contributed by atoms with Crippen LogP contribution in [0, 0.1) is 0 Å². The summed E-state index contributed by atoms with van der Waals surface area (Å²) in [6.07, 6.45) is 66.4. The topological polar surface area (TPSA) is 102 Å². The van der Waals surface area contributed by atoms with Crippen molar-refractivity contribution in [3.63, 3.8) is 0 Å². The summed E-state index contributed by atoms with van der Waals surface area (Å²) in [4.78, 5) is 37.0. The van der Waals surface area contributed by atoms with Crippen LogP contribution >= 0.6 is 0 Å². The highest BCUT2D eigenvalue weighted by Gasteiger charge is 2.25. The van der Waals surface area contributed by atoms with Crippen molar-refractivity contribution in [1.29, 1.82) is 0 Å². The molecule has 0 bridgehead atoms. The minimum atomic E-state index is -1.14. The minimum absolute atomic E-state index is 0.000962. The predicted molar refractivity (Wildman–Crippen MR) is 272 cm³/mol. The summed E-state index contributed by atoms with van der Waals surface area (Å²) in [5.74, 6) is -1.88. The van der Waals surface area contributed by atoms with Crippen molar-refractivity contribution >= 4 is 17.9 Å². The average Bonchev–Trinajstić information content (AvgIpc) is 3.27. The smallest absolute Gasteiger partial charge is 0.306 e. The van der Waals surface area contributed by atoms with Crippen molar-refractivity contribution in [3.8, 4) is 0 Å². The van der Waals surface area contributed by atoms with Gasteiger partial charge in [-0.05, 0) is 96.3 Å². The van der Waals surface area contributed by atoms with Crippen LogP contribution in [0.5, 0.6) is 0 Å². The Morgan fingerprint density at radius 2 is 0.846 bits per heavy atom. The molecule has 8 nitrogen and oxygen atoms in total. The van der Waals surface area contributed by atoms with E-state index in [2.05, 4.69) is 135 Å². The maximum absolute atomic E-state index is 12.8. The lowest BCUT2D eigenvalue weighted by atomic mass is 10.1. The van der Waals surface area contributed by atoms with E-state index in [1.807, 2.05) is 12.2 Å². The Kier molecular flexibility index (Phi) is 42.8. The molecule has 0 saturated carbocycles. The van der Waals surface area contributed by atoms with Gasteiger partial charge in [-0.25, -0.2) is 0 Å². The molecule has 2 atom stereocenters. The molecule has 2 unspecified atom stereocenters. The SMILES string of the molecule is CC/C=C/C/C=C/C/C=C/C/C=C/C/C=C/C/C=C/CCC(=O)OCC(COCCC(C(=O)[O-])[N+](C)(C)C)OC(=O)CCCCCCCC/C=C/C/C=C/C/C=C/C/C=C/C/C=C/CC. The Morgan fingerprint density at radius 3 is 1.26 bits per heavy atom. The van der Waals surface area contributed by atoms with Gasteiger partial charge in [0.15, 0.2) is 6.10 Å². The fourth-order valence-electron chi connectivity index (χ4n) is 6.30. The molecular formula is C57H89NO7. The van der Waals surface area contributed by atoms with E-state index in [-0.39, 0.29) is 55.5 Å². The molecule has 65 heavy (non-hydrogen) atoms. The van der Waals surface area contributed by atoms with E-state index in [0.29, 0.717) is 6.42 Å². The van der Waals surface area contributed by atoms with E-state index < -0.39 is 18.1 Å². The van der Waals surface area contributed by atoms with Gasteiger partial charge in [0.2, 0.25) is 0 Å². The molecule has 0 rings (SSSR count). The third kappa shape index (κ3) is 44.5. The summed E-state index contributed by atoms with van der Waals surface area (Å²) in [7, 11) is 5.37. The van der Waals surface area contributed by atoms with Crippen molar-refractivity contribution in [1.82, 2.24) is 0 Å². The quantitative estimate of drug-likeness (QED) is 0.0260. The molecule has 0 radical (unpaired) electrons. The van der Waals surface area contributed by atoms with Crippen LogP contribution in [-0.4, -0.2) is 75.5 Å². The third-order valence-electron chi connectivity index (χ3n) is 10.0. The van der Waals surface area contributed by atoms with Crippen molar-refractivity contribution in [2.75, 3.05) is 41.0 Å². The monoisotopic (exact) mass is 900 g/mol. The Balaban J connectivity index is 4.45. The van der Waals surface area contributed by atoms with Crippen molar-refractivity contribution in [3.05, 3.63) is 134 Å². The summed E-state index contributed by atoms with van der Waals surface area (Å²) in [5, 5.41) is 11.7. The van der Waals surface area contributed by atoms with E-state index >= 15 is 0 Å². The molecule has 0 aromatic rings. The molecule has 8 heteroatoms. The standard InChI is InChI=1S/C57H89NO7/c1-6-8-10-12-14-16-18-20-22-24-26-27-28-30-32-34-36-38-40-42-44-46-48-56(60)65-53(51-63-50-49-54(57(61)62)58(3,4)5)52-64-55(59)47-45-43-41-39-37-35-33-31-29-25-23-21-19-17-15-13-11-9-7-2/h8-11,14-17,20-23,26-27,29-32,35,37,41,43,53-54H,6-7,12-13,18-19,24-25,28,33-34,36,38-40,42,44-52H2,1-5H3/b10-8+,11-9+,16-14+,17-15+,22-20+,23-21+,27-26+,31-29+,32-30+,37-35+,43-41+. The van der Waals surface area contributed by atoms with Crippen LogP contribution in [0.25, 0.3) is 0 Å². The lowest BCUT2D eigenvalue weighted by Gasteiger charge is -2.34. The Bertz CT molecular complexity index is 1520. The number of rotatable bonds is 42. The molecule has 0 aromatic heterocycles. The van der Waals surface area contributed by atoms with Crippen LogP contribution in [0.2, 0.25) is 0 Å². The zero-order valence-electron chi connectivity index (χ0n) is 41.3. The maximum atomic E-state index is 12.8. The molecule has 0 spiro atoms. The number of ether oxygens (including phenoxy) is 3. The first-order valence-electron chi connectivity index (χ1n) is 24.7. The van der Waals surface area contributed by atoms with Gasteiger partial charge in [-0.3, -0.25) is 9.59 Å². The van der Waals surface area contributed by atoms with E-state index in [9.17, 15) is 19.5 Å². The summed E-state index contributed by atoms with van der Waals surface area (Å²) >= 11 is 0. The van der Waals surface area contributed by atoms with Crippen molar-refractivity contribution < 1.29 is 38.2 Å². The van der Waals surface area contributed by atoms with Gasteiger partial charge in [-0.2, -0.15) is 0 Å². The number of carboxylic acids is 1. The van der Waals surface area contributed by atoms with Crippen LogP contribution in [0.3, 0.4) is 0 Å². The lowest BCUT2D eigenvalue weighted by molar-refractivity contribution is -0.889. The number of carbonyl (C=O) groups excluding carboxylic acids is 3. The van der Waals surface area contributed by atoms with E-state index in [4.69, 9.17) is 14.2 Å². The first-order valence-corrected chi connectivity index (χ1v) is 24.7. The number of hydrogen-bond donors (Lipinski definition) is 0. The Labute approximate surface area is 396 Å². The van der Waals surface area contributed by atoms with E-state index in [1.165, 1.54) is 0 Å². The third-order valence-corrected chi connectivity index (χ3v) is 10.0. The second kappa shape index (κ2) is 46.0. The molecule has 364 valence electrons.